The third-order valence-electron chi connectivity index (χ3n) is 5.23. The number of halogens is 2. The molecule has 0 aliphatic carbocycles. The Hall–Kier alpha value is -1.23. The molecule has 2 N–H and O–H groups in total. The van der Waals surface area contributed by atoms with Crippen LogP contribution in [0, 0.1) is 0 Å². The normalized spacial score (nSPS) is 16.8. The molecule has 0 saturated heterocycles. The van der Waals surface area contributed by atoms with E-state index in [1.54, 1.807) is 18.2 Å². The van der Waals surface area contributed by atoms with Gasteiger partial charge in [-0.1, -0.05) is 35.3 Å². The quantitative estimate of drug-likeness (QED) is 0.459. The lowest BCUT2D eigenvalue weighted by Crippen LogP contribution is -2.31. The third-order valence-corrected chi connectivity index (χ3v) is 7.26. The maximum absolute atomic E-state index is 12.6. The van der Waals surface area contributed by atoms with Crippen molar-refractivity contribution in [3.8, 4) is 0 Å². The maximum Gasteiger partial charge on any atom is 0.240 e. The molecule has 0 aromatic heterocycles. The van der Waals surface area contributed by atoms with Gasteiger partial charge in [0.15, 0.2) is 0 Å². The number of benzene rings is 2. The summed E-state index contributed by atoms with van der Waals surface area (Å²) in [7, 11) is -1.61. The summed E-state index contributed by atoms with van der Waals surface area (Å²) in [6.07, 6.45) is 0. The zero-order valence-corrected chi connectivity index (χ0v) is 20.2. The summed E-state index contributed by atoms with van der Waals surface area (Å²) < 4.78 is 38.1. The summed E-state index contributed by atoms with van der Waals surface area (Å²) in [6, 6.07) is 10.6. The Labute approximate surface area is 199 Å². The molecule has 1 aliphatic heterocycles. The number of aliphatic hydroxyl groups excluding tert-OH is 1. The van der Waals surface area contributed by atoms with Crippen molar-refractivity contribution in [2.45, 2.75) is 17.4 Å². The van der Waals surface area contributed by atoms with Crippen LogP contribution in [0.4, 0.5) is 0 Å². The van der Waals surface area contributed by atoms with Crippen molar-refractivity contribution in [3.63, 3.8) is 0 Å². The summed E-state index contributed by atoms with van der Waals surface area (Å²) in [5.74, 6) is 0.0473. The smallest absolute Gasteiger partial charge is 0.240 e. The largest absolute Gasteiger partial charge is 0.394 e. The van der Waals surface area contributed by atoms with Crippen molar-refractivity contribution < 1.29 is 23.0 Å². The molecule has 0 fully saturated rings. The average molecular weight is 503 g/mol. The van der Waals surface area contributed by atoms with Crippen LogP contribution >= 0.6 is 23.2 Å². The molecule has 0 radical (unpaired) electrons. The van der Waals surface area contributed by atoms with E-state index in [0.29, 0.717) is 23.3 Å². The highest BCUT2D eigenvalue weighted by atomic mass is 35.5. The number of nitrogens with zero attached hydrogens (tertiary/aromatic N) is 1. The number of likely N-dealkylation sites (N-methyl/N-ethyl adjacent to an activating group) is 1. The van der Waals surface area contributed by atoms with Crippen LogP contribution in [0.5, 0.6) is 0 Å². The Kier molecular flexibility index (Phi) is 9.33. The van der Waals surface area contributed by atoms with Crippen LogP contribution in [-0.2, 0) is 26.0 Å². The van der Waals surface area contributed by atoms with Gasteiger partial charge in [-0.3, -0.25) is 0 Å². The number of aliphatic hydroxyl groups is 1. The Morgan fingerprint density at radius 2 is 1.78 bits per heavy atom. The highest BCUT2D eigenvalue weighted by Gasteiger charge is 2.27. The van der Waals surface area contributed by atoms with Crippen molar-refractivity contribution >= 4 is 33.2 Å². The molecule has 1 atom stereocenters. The van der Waals surface area contributed by atoms with E-state index in [4.69, 9.17) is 37.8 Å². The first-order valence-electron chi connectivity index (χ1n) is 10.3. The second-order valence-corrected chi connectivity index (χ2v) is 10.2. The van der Waals surface area contributed by atoms with Crippen molar-refractivity contribution in [3.05, 3.63) is 63.1 Å². The Morgan fingerprint density at radius 3 is 2.47 bits per heavy atom. The highest BCUT2D eigenvalue weighted by Crippen LogP contribution is 2.38. The maximum atomic E-state index is 12.6. The summed E-state index contributed by atoms with van der Waals surface area (Å²) in [5, 5.41) is 9.86. The van der Waals surface area contributed by atoms with Gasteiger partial charge in [0.25, 0.3) is 0 Å². The summed E-state index contributed by atoms with van der Waals surface area (Å²) in [4.78, 5) is 2.38. The van der Waals surface area contributed by atoms with Gasteiger partial charge in [0.05, 0.1) is 37.9 Å². The monoisotopic (exact) mass is 502 g/mol. The fourth-order valence-electron chi connectivity index (χ4n) is 3.73. The minimum absolute atomic E-state index is 0.0377. The topological polar surface area (TPSA) is 88.1 Å². The van der Waals surface area contributed by atoms with Crippen molar-refractivity contribution in [1.29, 1.82) is 0 Å². The van der Waals surface area contributed by atoms with Crippen molar-refractivity contribution in [1.82, 2.24) is 9.62 Å². The molecule has 176 valence electrons. The van der Waals surface area contributed by atoms with Gasteiger partial charge in [0.2, 0.25) is 10.0 Å². The van der Waals surface area contributed by atoms with Gasteiger partial charge >= 0.3 is 0 Å². The fourth-order valence-corrected chi connectivity index (χ4v) is 5.31. The van der Waals surface area contributed by atoms with Crippen LogP contribution in [-0.4, -0.2) is 71.6 Å². The molecule has 10 heteroatoms. The van der Waals surface area contributed by atoms with Crippen molar-refractivity contribution in [2.75, 3.05) is 53.2 Å². The molecule has 0 unspecified atom stereocenters. The first kappa shape index (κ1) is 25.4. The van der Waals surface area contributed by atoms with Crippen molar-refractivity contribution in [2.24, 2.45) is 0 Å². The Morgan fingerprint density at radius 1 is 1.09 bits per heavy atom. The standard InChI is InChI=1S/C22H28Cl2N2O5S/c1-26-14-20(19-12-17(23)13-22(24)21(19)15-26)16-2-4-18(5-3-16)32(28,29)25-6-8-30-10-11-31-9-7-27/h2-5,12-13,20,25,27H,6-11,14-15H2,1H3/t20-/m1/s1. The molecule has 2 aromatic rings. The average Bonchev–Trinajstić information content (AvgIpc) is 2.76. The van der Waals surface area contributed by atoms with Gasteiger partial charge in [-0.05, 0) is 48.0 Å². The highest BCUT2D eigenvalue weighted by molar-refractivity contribution is 7.89. The molecule has 32 heavy (non-hydrogen) atoms. The van der Waals surface area contributed by atoms with E-state index in [1.165, 1.54) is 0 Å². The predicted octanol–water partition coefficient (Wildman–Crippen LogP) is 2.87. The number of sulfonamides is 1. The predicted molar refractivity (Wildman–Crippen MR) is 125 cm³/mol. The Bertz CT molecular complexity index is 1000. The van der Waals surface area contributed by atoms with Crippen LogP contribution in [0.15, 0.2) is 41.3 Å². The minimum atomic E-state index is -3.64. The fraction of sp³-hybridized carbons (Fsp3) is 0.455. The second kappa shape index (κ2) is 11.8. The van der Waals surface area contributed by atoms with Crippen LogP contribution in [0.1, 0.15) is 22.6 Å². The first-order chi connectivity index (χ1) is 15.3. The molecule has 1 aliphatic rings. The van der Waals surface area contributed by atoms with Gasteiger partial charge in [-0.25, -0.2) is 13.1 Å². The lowest BCUT2D eigenvalue weighted by Gasteiger charge is -2.33. The number of ether oxygens (including phenoxy) is 2. The van der Waals surface area contributed by atoms with Gasteiger partial charge < -0.3 is 19.5 Å². The lowest BCUT2D eigenvalue weighted by atomic mass is 9.85. The van der Waals surface area contributed by atoms with E-state index in [1.807, 2.05) is 25.2 Å². The lowest BCUT2D eigenvalue weighted by molar-refractivity contribution is 0.0348. The molecular formula is C22H28Cl2N2O5S. The van der Waals surface area contributed by atoms with Gasteiger partial charge in [0, 0.05) is 35.6 Å². The molecule has 7 nitrogen and oxygen atoms in total. The molecule has 3 rings (SSSR count). The van der Waals surface area contributed by atoms with Crippen LogP contribution in [0.25, 0.3) is 0 Å². The molecular weight excluding hydrogens is 475 g/mol. The first-order valence-corrected chi connectivity index (χ1v) is 12.6. The number of nitrogens with one attached hydrogen (secondary N) is 1. The van der Waals surface area contributed by atoms with Crippen LogP contribution in [0.2, 0.25) is 10.0 Å². The SMILES string of the molecule is CN1Cc2c(Cl)cc(Cl)cc2[C@@H](c2ccc(S(=O)(=O)NCCOCCOCCO)cc2)C1. The molecule has 0 spiro atoms. The molecule has 0 bridgehead atoms. The zero-order valence-electron chi connectivity index (χ0n) is 17.9. The molecule has 0 amide bonds. The molecule has 1 heterocycles. The van der Waals surface area contributed by atoms with Crippen LogP contribution in [0.3, 0.4) is 0 Å². The van der Waals surface area contributed by atoms with Gasteiger partial charge in [0.1, 0.15) is 0 Å². The summed E-state index contributed by atoms with van der Waals surface area (Å²) >= 11 is 12.7. The van der Waals surface area contributed by atoms with E-state index < -0.39 is 10.0 Å². The third kappa shape index (κ3) is 6.65. The van der Waals surface area contributed by atoms with Gasteiger partial charge in [-0.2, -0.15) is 0 Å². The number of fused-ring (bicyclic) bond motifs is 1. The number of rotatable bonds is 11. The summed E-state index contributed by atoms with van der Waals surface area (Å²) in [5.41, 5.74) is 3.13. The second-order valence-electron chi connectivity index (χ2n) is 7.62. The van der Waals surface area contributed by atoms with E-state index >= 15 is 0 Å². The summed E-state index contributed by atoms with van der Waals surface area (Å²) in [6.45, 7) is 2.82. The zero-order chi connectivity index (χ0) is 23.1. The number of hydrogen-bond acceptors (Lipinski definition) is 6. The van der Waals surface area contributed by atoms with E-state index in [-0.39, 0.29) is 37.2 Å². The van der Waals surface area contributed by atoms with Gasteiger partial charge in [-0.15, -0.1) is 0 Å². The van der Waals surface area contributed by atoms with E-state index in [9.17, 15) is 8.42 Å². The Balaban J connectivity index is 1.63. The van der Waals surface area contributed by atoms with E-state index in [0.717, 1.165) is 29.8 Å². The van der Waals surface area contributed by atoms with Crippen LogP contribution < -0.4 is 4.72 Å². The van der Waals surface area contributed by atoms with E-state index in [2.05, 4.69) is 9.62 Å². The molecule has 0 saturated carbocycles. The number of hydrogen-bond donors (Lipinski definition) is 2. The minimum Gasteiger partial charge on any atom is -0.394 e. The molecule has 2 aromatic carbocycles.